The molecular formula is C24H40. The van der Waals surface area contributed by atoms with E-state index in [0.717, 1.165) is 29.6 Å². The molecule has 0 N–H and O–H groups in total. The van der Waals surface area contributed by atoms with Gasteiger partial charge in [0.2, 0.25) is 0 Å². The van der Waals surface area contributed by atoms with E-state index in [-0.39, 0.29) is 0 Å². The van der Waals surface area contributed by atoms with Crippen LogP contribution in [-0.2, 0) is 0 Å². The van der Waals surface area contributed by atoms with Crippen molar-refractivity contribution in [3.05, 3.63) is 23.8 Å². The fourth-order valence-electron chi connectivity index (χ4n) is 6.85. The van der Waals surface area contributed by atoms with E-state index in [1.165, 1.54) is 69.8 Å². The van der Waals surface area contributed by atoms with Crippen LogP contribution >= 0.6 is 0 Å². The van der Waals surface area contributed by atoms with Gasteiger partial charge in [-0.3, -0.25) is 0 Å². The van der Waals surface area contributed by atoms with Crippen molar-refractivity contribution in [3.63, 3.8) is 0 Å². The van der Waals surface area contributed by atoms with Crippen molar-refractivity contribution in [2.24, 2.45) is 35.0 Å². The van der Waals surface area contributed by atoms with Gasteiger partial charge in [-0.15, -0.1) is 0 Å². The lowest BCUT2D eigenvalue weighted by Gasteiger charge is -2.57. The standard InChI is InChI=1S/C24H40/c1-6-8-9-18(4)24(5)15-14-21-20-12-10-17(3)16-19(20)11-13-22(21)23(24)7-2/h16,18,20-23H,3,6-15H2,1-2,4-5H3. The van der Waals surface area contributed by atoms with Gasteiger partial charge in [-0.1, -0.05) is 77.2 Å². The third kappa shape index (κ3) is 3.15. The SMILES string of the molecule is C=C1C=C2CCC3C(CCC(C)(C(C)CCCC)C3CC)C2CC1. The molecule has 3 aliphatic carbocycles. The molecule has 0 heterocycles. The minimum atomic E-state index is 0.588. The highest BCUT2D eigenvalue weighted by atomic mass is 14.6. The minimum absolute atomic E-state index is 0.588. The average Bonchev–Trinajstić information content (AvgIpc) is 2.58. The summed E-state index contributed by atoms with van der Waals surface area (Å²) >= 11 is 0. The van der Waals surface area contributed by atoms with Crippen LogP contribution < -0.4 is 0 Å². The maximum Gasteiger partial charge on any atom is -0.0166 e. The van der Waals surface area contributed by atoms with Gasteiger partial charge in [0.05, 0.1) is 0 Å². The molecule has 0 spiro atoms. The summed E-state index contributed by atoms with van der Waals surface area (Å²) in [7, 11) is 0. The molecule has 3 aliphatic rings. The molecule has 24 heavy (non-hydrogen) atoms. The molecule has 6 atom stereocenters. The van der Waals surface area contributed by atoms with Crippen LogP contribution in [0.25, 0.3) is 0 Å². The summed E-state index contributed by atoms with van der Waals surface area (Å²) in [5.74, 6) is 4.72. The number of rotatable bonds is 5. The van der Waals surface area contributed by atoms with Crippen LogP contribution in [0.5, 0.6) is 0 Å². The Labute approximate surface area is 151 Å². The Morgan fingerprint density at radius 1 is 1.17 bits per heavy atom. The maximum absolute atomic E-state index is 4.24. The van der Waals surface area contributed by atoms with E-state index < -0.39 is 0 Å². The van der Waals surface area contributed by atoms with Crippen LogP contribution in [0.3, 0.4) is 0 Å². The highest BCUT2D eigenvalue weighted by Crippen LogP contribution is 2.60. The molecule has 6 unspecified atom stereocenters. The highest BCUT2D eigenvalue weighted by molar-refractivity contribution is 5.29. The van der Waals surface area contributed by atoms with E-state index in [1.807, 2.05) is 0 Å². The zero-order valence-corrected chi connectivity index (χ0v) is 16.7. The Kier molecular flexibility index (Phi) is 5.62. The summed E-state index contributed by atoms with van der Waals surface area (Å²) in [6.07, 6.45) is 16.5. The summed E-state index contributed by atoms with van der Waals surface area (Å²) in [6.45, 7) is 14.3. The van der Waals surface area contributed by atoms with Crippen molar-refractivity contribution in [2.45, 2.75) is 91.9 Å². The van der Waals surface area contributed by atoms with Gasteiger partial charge in [-0.2, -0.15) is 0 Å². The van der Waals surface area contributed by atoms with Gasteiger partial charge in [0.15, 0.2) is 0 Å². The van der Waals surface area contributed by atoms with E-state index in [1.54, 1.807) is 5.57 Å². The van der Waals surface area contributed by atoms with Gasteiger partial charge in [-0.25, -0.2) is 0 Å². The lowest BCUT2D eigenvalue weighted by molar-refractivity contribution is -0.0552. The van der Waals surface area contributed by atoms with Crippen molar-refractivity contribution < 1.29 is 0 Å². The van der Waals surface area contributed by atoms with Crippen molar-refractivity contribution >= 4 is 0 Å². The number of hydrogen-bond acceptors (Lipinski definition) is 0. The largest absolute Gasteiger partial charge is 0.0958 e. The molecule has 0 heteroatoms. The third-order valence-electron chi connectivity index (χ3n) is 8.41. The van der Waals surface area contributed by atoms with Gasteiger partial charge < -0.3 is 0 Å². The highest BCUT2D eigenvalue weighted by Gasteiger charge is 2.51. The molecule has 0 saturated heterocycles. The molecule has 0 aliphatic heterocycles. The van der Waals surface area contributed by atoms with E-state index in [2.05, 4.69) is 40.3 Å². The third-order valence-corrected chi connectivity index (χ3v) is 8.41. The first kappa shape index (κ1) is 18.3. The Hall–Kier alpha value is -0.520. The molecule has 0 amide bonds. The quantitative estimate of drug-likeness (QED) is 0.488. The molecule has 0 radical (unpaired) electrons. The van der Waals surface area contributed by atoms with Gasteiger partial charge >= 0.3 is 0 Å². The predicted octanol–water partition coefficient (Wildman–Crippen LogP) is 7.56. The number of hydrogen-bond donors (Lipinski definition) is 0. The summed E-state index contributed by atoms with van der Waals surface area (Å²) in [6, 6.07) is 0. The van der Waals surface area contributed by atoms with Crippen molar-refractivity contribution in [2.75, 3.05) is 0 Å². The topological polar surface area (TPSA) is 0 Å². The molecule has 2 saturated carbocycles. The second kappa shape index (κ2) is 7.38. The molecule has 0 aromatic heterocycles. The summed E-state index contributed by atoms with van der Waals surface area (Å²) in [5, 5.41) is 0. The fraction of sp³-hybridized carbons (Fsp3) is 0.833. The van der Waals surface area contributed by atoms with E-state index >= 15 is 0 Å². The van der Waals surface area contributed by atoms with Crippen LogP contribution in [0.2, 0.25) is 0 Å². The fourth-order valence-corrected chi connectivity index (χ4v) is 6.85. The molecule has 0 bridgehead atoms. The smallest absolute Gasteiger partial charge is 0.0166 e. The summed E-state index contributed by atoms with van der Waals surface area (Å²) < 4.78 is 0. The first-order valence-electron chi connectivity index (χ1n) is 10.9. The number of fused-ring (bicyclic) bond motifs is 3. The number of allylic oxidation sites excluding steroid dienone is 3. The molecule has 136 valence electrons. The lowest BCUT2D eigenvalue weighted by Crippen LogP contribution is -2.48. The Balaban J connectivity index is 1.80. The van der Waals surface area contributed by atoms with Gasteiger partial charge in [-0.05, 0) is 73.5 Å². The molecule has 3 rings (SSSR count). The van der Waals surface area contributed by atoms with Crippen LogP contribution in [0.15, 0.2) is 23.8 Å². The minimum Gasteiger partial charge on any atom is -0.0958 e. The monoisotopic (exact) mass is 328 g/mol. The summed E-state index contributed by atoms with van der Waals surface area (Å²) in [5.41, 5.74) is 3.75. The van der Waals surface area contributed by atoms with E-state index in [4.69, 9.17) is 0 Å². The molecule has 0 aromatic rings. The molecule has 0 aromatic carbocycles. The Morgan fingerprint density at radius 2 is 1.96 bits per heavy atom. The maximum atomic E-state index is 4.24. The second-order valence-corrected chi connectivity index (χ2v) is 9.49. The molecule has 0 nitrogen and oxygen atoms in total. The first-order valence-corrected chi connectivity index (χ1v) is 10.9. The van der Waals surface area contributed by atoms with Crippen molar-refractivity contribution in [1.29, 1.82) is 0 Å². The Morgan fingerprint density at radius 3 is 2.67 bits per heavy atom. The predicted molar refractivity (Wildman–Crippen MR) is 106 cm³/mol. The van der Waals surface area contributed by atoms with Crippen LogP contribution in [0.1, 0.15) is 91.9 Å². The molecule has 2 fully saturated rings. The average molecular weight is 329 g/mol. The lowest BCUT2D eigenvalue weighted by atomic mass is 9.48. The van der Waals surface area contributed by atoms with Crippen LogP contribution in [-0.4, -0.2) is 0 Å². The van der Waals surface area contributed by atoms with Crippen molar-refractivity contribution in [1.82, 2.24) is 0 Å². The van der Waals surface area contributed by atoms with Crippen molar-refractivity contribution in [3.8, 4) is 0 Å². The zero-order chi connectivity index (χ0) is 17.3. The number of unbranched alkanes of at least 4 members (excludes halogenated alkanes) is 1. The molecular weight excluding hydrogens is 288 g/mol. The second-order valence-electron chi connectivity index (χ2n) is 9.49. The zero-order valence-electron chi connectivity index (χ0n) is 16.7. The van der Waals surface area contributed by atoms with E-state index in [0.29, 0.717) is 5.41 Å². The van der Waals surface area contributed by atoms with E-state index in [9.17, 15) is 0 Å². The van der Waals surface area contributed by atoms with Gasteiger partial charge in [0, 0.05) is 0 Å². The normalized spacial score (nSPS) is 40.5. The van der Waals surface area contributed by atoms with Crippen LogP contribution in [0, 0.1) is 35.0 Å². The van der Waals surface area contributed by atoms with Crippen LogP contribution in [0.4, 0.5) is 0 Å². The Bertz CT molecular complexity index is 484. The summed E-state index contributed by atoms with van der Waals surface area (Å²) in [4.78, 5) is 0. The van der Waals surface area contributed by atoms with Gasteiger partial charge in [0.25, 0.3) is 0 Å². The first-order chi connectivity index (χ1) is 11.5. The van der Waals surface area contributed by atoms with Gasteiger partial charge in [0.1, 0.15) is 0 Å².